The quantitative estimate of drug-likeness (QED) is 0.749. The Balaban J connectivity index is 1.79. The molecule has 1 aromatic carbocycles. The van der Waals surface area contributed by atoms with Gasteiger partial charge in [-0.3, -0.25) is 4.79 Å². The van der Waals surface area contributed by atoms with E-state index in [2.05, 4.69) is 15.9 Å². The van der Waals surface area contributed by atoms with Gasteiger partial charge < -0.3 is 4.74 Å². The van der Waals surface area contributed by atoms with Crippen LogP contribution in [0.25, 0.3) is 0 Å². The lowest BCUT2D eigenvalue weighted by Gasteiger charge is -2.09. The van der Waals surface area contributed by atoms with E-state index in [-0.39, 0.29) is 17.7 Å². The molecule has 2 rings (SSSR count). The lowest BCUT2D eigenvalue weighted by Crippen LogP contribution is -2.14. The zero-order chi connectivity index (χ0) is 13.0. The van der Waals surface area contributed by atoms with Gasteiger partial charge >= 0.3 is 0 Å². The maximum absolute atomic E-state index is 13.0. The van der Waals surface area contributed by atoms with E-state index < -0.39 is 0 Å². The molecular formula is C14H16BrFO2. The van der Waals surface area contributed by atoms with E-state index in [0.717, 1.165) is 29.5 Å². The number of ether oxygens (including phenoxy) is 1. The minimum atomic E-state index is -0.230. The minimum Gasteiger partial charge on any atom is -0.490 e. The predicted octanol–water partition coefficient (Wildman–Crippen LogP) is 3.65. The standard InChI is InChI=1S/C14H16BrFO2/c15-7-1-2-12(17)4-5-13-9-10-8-11(16)3-6-14(10)18-13/h3,6,8,13H,1-2,4-5,7,9H2. The molecule has 0 amide bonds. The van der Waals surface area contributed by atoms with Crippen LogP contribution >= 0.6 is 15.9 Å². The highest BCUT2D eigenvalue weighted by Crippen LogP contribution is 2.30. The normalized spacial score (nSPS) is 17.3. The first-order chi connectivity index (χ1) is 8.69. The van der Waals surface area contributed by atoms with Crippen molar-refractivity contribution < 1.29 is 13.9 Å². The third kappa shape index (κ3) is 3.55. The van der Waals surface area contributed by atoms with Crippen LogP contribution in [0.4, 0.5) is 4.39 Å². The number of fused-ring (bicyclic) bond motifs is 1. The van der Waals surface area contributed by atoms with Gasteiger partial charge in [0.15, 0.2) is 0 Å². The van der Waals surface area contributed by atoms with Gasteiger partial charge in [-0.15, -0.1) is 0 Å². The van der Waals surface area contributed by atoms with E-state index >= 15 is 0 Å². The summed E-state index contributed by atoms with van der Waals surface area (Å²) in [5.41, 5.74) is 0.910. The average molecular weight is 315 g/mol. The summed E-state index contributed by atoms with van der Waals surface area (Å²) in [4.78, 5) is 11.5. The van der Waals surface area contributed by atoms with Crippen molar-refractivity contribution in [2.45, 2.75) is 38.2 Å². The van der Waals surface area contributed by atoms with Crippen molar-refractivity contribution in [1.82, 2.24) is 0 Å². The van der Waals surface area contributed by atoms with Crippen molar-refractivity contribution in [2.75, 3.05) is 5.33 Å². The molecule has 18 heavy (non-hydrogen) atoms. The molecule has 1 heterocycles. The van der Waals surface area contributed by atoms with Gasteiger partial charge in [-0.1, -0.05) is 15.9 Å². The van der Waals surface area contributed by atoms with Gasteiger partial charge in [-0.05, 0) is 31.0 Å². The molecule has 1 aliphatic rings. The number of Topliss-reactive ketones (excluding diaryl/α,β-unsaturated/α-hetero) is 1. The SMILES string of the molecule is O=C(CCCBr)CCC1Cc2cc(F)ccc2O1. The molecule has 98 valence electrons. The number of hydrogen-bond acceptors (Lipinski definition) is 2. The number of hydrogen-bond donors (Lipinski definition) is 0. The molecule has 1 aromatic rings. The van der Waals surface area contributed by atoms with Crippen molar-refractivity contribution in [2.24, 2.45) is 0 Å². The molecule has 0 saturated carbocycles. The summed E-state index contributed by atoms with van der Waals surface area (Å²) in [5, 5.41) is 0.864. The average Bonchev–Trinajstić information content (AvgIpc) is 2.75. The maximum Gasteiger partial charge on any atom is 0.133 e. The Labute approximate surface area is 115 Å². The summed E-state index contributed by atoms with van der Waals surface area (Å²) in [7, 11) is 0. The molecular weight excluding hydrogens is 299 g/mol. The van der Waals surface area contributed by atoms with E-state index in [1.807, 2.05) is 0 Å². The molecule has 1 aliphatic heterocycles. The Hall–Kier alpha value is -0.900. The maximum atomic E-state index is 13.0. The second-order valence-electron chi connectivity index (χ2n) is 4.57. The Morgan fingerprint density at radius 2 is 2.28 bits per heavy atom. The first kappa shape index (κ1) is 13.5. The van der Waals surface area contributed by atoms with Crippen molar-refractivity contribution in [3.63, 3.8) is 0 Å². The molecule has 0 saturated heterocycles. The van der Waals surface area contributed by atoms with E-state index in [4.69, 9.17) is 4.74 Å². The zero-order valence-corrected chi connectivity index (χ0v) is 11.7. The van der Waals surface area contributed by atoms with E-state index in [1.54, 1.807) is 6.07 Å². The Bertz CT molecular complexity index is 434. The van der Waals surface area contributed by atoms with Gasteiger partial charge in [0.25, 0.3) is 0 Å². The Morgan fingerprint density at radius 3 is 3.06 bits per heavy atom. The second kappa shape index (κ2) is 6.32. The summed E-state index contributed by atoms with van der Waals surface area (Å²) in [6.45, 7) is 0. The Morgan fingerprint density at radius 1 is 1.44 bits per heavy atom. The van der Waals surface area contributed by atoms with Crippen LogP contribution in [0.3, 0.4) is 0 Å². The van der Waals surface area contributed by atoms with Crippen LogP contribution < -0.4 is 4.74 Å². The van der Waals surface area contributed by atoms with Crippen LogP contribution in [0.15, 0.2) is 18.2 Å². The van der Waals surface area contributed by atoms with Gasteiger partial charge in [0.1, 0.15) is 23.5 Å². The van der Waals surface area contributed by atoms with Crippen LogP contribution in [-0.4, -0.2) is 17.2 Å². The number of carbonyl (C=O) groups excluding carboxylic acids is 1. The van der Waals surface area contributed by atoms with Crippen molar-refractivity contribution in [3.8, 4) is 5.75 Å². The van der Waals surface area contributed by atoms with E-state index in [1.165, 1.54) is 12.1 Å². The third-order valence-corrected chi connectivity index (χ3v) is 3.66. The van der Waals surface area contributed by atoms with Crippen LogP contribution in [0.5, 0.6) is 5.75 Å². The van der Waals surface area contributed by atoms with E-state index in [0.29, 0.717) is 19.3 Å². The lowest BCUT2D eigenvalue weighted by atomic mass is 10.0. The summed E-state index contributed by atoms with van der Waals surface area (Å²) in [6.07, 6.45) is 3.51. The van der Waals surface area contributed by atoms with Crippen LogP contribution in [0.2, 0.25) is 0 Å². The zero-order valence-electron chi connectivity index (χ0n) is 10.1. The summed E-state index contributed by atoms with van der Waals surface area (Å²) >= 11 is 3.31. The van der Waals surface area contributed by atoms with Crippen LogP contribution in [0.1, 0.15) is 31.2 Å². The topological polar surface area (TPSA) is 26.3 Å². The smallest absolute Gasteiger partial charge is 0.133 e. The van der Waals surface area contributed by atoms with Crippen molar-refractivity contribution >= 4 is 21.7 Å². The first-order valence-corrected chi connectivity index (χ1v) is 7.34. The van der Waals surface area contributed by atoms with Crippen LogP contribution in [-0.2, 0) is 11.2 Å². The third-order valence-electron chi connectivity index (χ3n) is 3.10. The molecule has 1 unspecified atom stereocenters. The molecule has 0 aliphatic carbocycles. The van der Waals surface area contributed by atoms with Gasteiger partial charge in [0, 0.05) is 30.2 Å². The summed E-state index contributed by atoms with van der Waals surface area (Å²) in [6, 6.07) is 4.58. The Kier molecular flexibility index (Phi) is 4.75. The highest BCUT2D eigenvalue weighted by molar-refractivity contribution is 9.09. The monoisotopic (exact) mass is 314 g/mol. The van der Waals surface area contributed by atoms with Crippen molar-refractivity contribution in [1.29, 1.82) is 0 Å². The fraction of sp³-hybridized carbons (Fsp3) is 0.500. The molecule has 4 heteroatoms. The number of carbonyl (C=O) groups is 1. The second-order valence-corrected chi connectivity index (χ2v) is 5.36. The molecule has 0 radical (unpaired) electrons. The number of benzene rings is 1. The fourth-order valence-electron chi connectivity index (χ4n) is 2.16. The highest BCUT2D eigenvalue weighted by atomic mass is 79.9. The summed E-state index contributed by atoms with van der Waals surface area (Å²) < 4.78 is 18.7. The van der Waals surface area contributed by atoms with Gasteiger partial charge in [0.05, 0.1) is 0 Å². The largest absolute Gasteiger partial charge is 0.490 e. The molecule has 0 aromatic heterocycles. The predicted molar refractivity (Wildman–Crippen MR) is 71.8 cm³/mol. The molecule has 0 bridgehead atoms. The molecule has 0 N–H and O–H groups in total. The van der Waals surface area contributed by atoms with Gasteiger partial charge in [-0.2, -0.15) is 0 Å². The van der Waals surface area contributed by atoms with Crippen LogP contribution in [0, 0.1) is 5.82 Å². The van der Waals surface area contributed by atoms with Gasteiger partial charge in [0.2, 0.25) is 0 Å². The molecule has 1 atom stereocenters. The highest BCUT2D eigenvalue weighted by Gasteiger charge is 2.23. The minimum absolute atomic E-state index is 0.0229. The number of ketones is 1. The van der Waals surface area contributed by atoms with Crippen molar-refractivity contribution in [3.05, 3.63) is 29.6 Å². The molecule has 0 spiro atoms. The molecule has 2 nitrogen and oxygen atoms in total. The number of rotatable bonds is 6. The lowest BCUT2D eigenvalue weighted by molar-refractivity contribution is -0.119. The summed E-state index contributed by atoms with van der Waals surface area (Å²) in [5.74, 6) is 0.806. The number of alkyl halides is 1. The fourth-order valence-corrected chi connectivity index (χ4v) is 2.44. The van der Waals surface area contributed by atoms with E-state index in [9.17, 15) is 9.18 Å². The molecule has 0 fully saturated rings. The first-order valence-electron chi connectivity index (χ1n) is 6.22. The van der Waals surface area contributed by atoms with Gasteiger partial charge in [-0.25, -0.2) is 4.39 Å². The number of halogens is 2.